The number of amides is 2. The van der Waals surface area contributed by atoms with Crippen molar-refractivity contribution in [2.75, 3.05) is 23.4 Å². The predicted octanol–water partition coefficient (Wildman–Crippen LogP) is 2.84. The Morgan fingerprint density at radius 3 is 2.41 bits per heavy atom. The van der Waals surface area contributed by atoms with Crippen LogP contribution in [0.15, 0.2) is 48.5 Å². The first-order chi connectivity index (χ1) is 13.0. The van der Waals surface area contributed by atoms with Gasteiger partial charge < -0.3 is 15.0 Å². The minimum Gasteiger partial charge on any atom is -0.455 e. The summed E-state index contributed by atoms with van der Waals surface area (Å²) in [4.78, 5) is 38.2. The normalized spacial score (nSPS) is 16.3. The van der Waals surface area contributed by atoms with Gasteiger partial charge in [-0.2, -0.15) is 0 Å². The number of hydrogen-bond donors (Lipinski definition) is 1. The summed E-state index contributed by atoms with van der Waals surface area (Å²) >= 11 is 0. The van der Waals surface area contributed by atoms with Gasteiger partial charge in [-0.05, 0) is 37.1 Å². The van der Waals surface area contributed by atoms with Gasteiger partial charge in [0.2, 0.25) is 5.91 Å². The van der Waals surface area contributed by atoms with E-state index >= 15 is 0 Å². The Morgan fingerprint density at radius 2 is 1.74 bits per heavy atom. The first kappa shape index (κ1) is 18.6. The Morgan fingerprint density at radius 1 is 1.07 bits per heavy atom. The van der Waals surface area contributed by atoms with E-state index in [4.69, 9.17) is 4.74 Å². The predicted molar refractivity (Wildman–Crippen MR) is 102 cm³/mol. The molecule has 0 aliphatic carbocycles. The molecule has 6 heteroatoms. The Kier molecular flexibility index (Phi) is 5.54. The van der Waals surface area contributed by atoms with Crippen molar-refractivity contribution < 1.29 is 19.1 Å². The fourth-order valence-electron chi connectivity index (χ4n) is 3.16. The maximum atomic E-state index is 12.3. The molecular weight excluding hydrogens is 344 g/mol. The van der Waals surface area contributed by atoms with Crippen molar-refractivity contribution in [2.24, 2.45) is 5.92 Å². The van der Waals surface area contributed by atoms with Crippen molar-refractivity contribution in [1.82, 2.24) is 0 Å². The second kappa shape index (κ2) is 8.03. The van der Waals surface area contributed by atoms with Gasteiger partial charge in [0.15, 0.2) is 6.61 Å². The number of carbonyl (C=O) groups excluding carboxylic acids is 3. The van der Waals surface area contributed by atoms with E-state index in [-0.39, 0.29) is 25.5 Å². The van der Waals surface area contributed by atoms with Gasteiger partial charge in [0.1, 0.15) is 0 Å². The molecule has 1 heterocycles. The van der Waals surface area contributed by atoms with Crippen LogP contribution in [0.4, 0.5) is 11.4 Å². The Hall–Kier alpha value is -3.15. The van der Waals surface area contributed by atoms with Crippen LogP contribution in [-0.2, 0) is 19.1 Å². The fraction of sp³-hybridized carbons (Fsp3) is 0.286. The first-order valence-electron chi connectivity index (χ1n) is 8.84. The number of benzene rings is 2. The van der Waals surface area contributed by atoms with E-state index < -0.39 is 17.8 Å². The van der Waals surface area contributed by atoms with Crippen molar-refractivity contribution in [3.63, 3.8) is 0 Å². The lowest BCUT2D eigenvalue weighted by Crippen LogP contribution is -2.28. The number of nitrogens with zero attached hydrogens (tertiary/aromatic N) is 1. The average molecular weight is 366 g/mol. The summed E-state index contributed by atoms with van der Waals surface area (Å²) in [6.07, 6.45) is 0.0895. The van der Waals surface area contributed by atoms with E-state index in [0.29, 0.717) is 0 Å². The standard InChI is InChI=1S/C21H22N2O4/c1-14-7-6-8-15(2)20(14)22-18(24)13-27-21(26)16-11-19(25)23(12-16)17-9-4-3-5-10-17/h3-10,16H,11-13H2,1-2H3,(H,22,24)/t16-/m1/s1. The summed E-state index contributed by atoms with van der Waals surface area (Å²) in [5.41, 5.74) is 3.36. The smallest absolute Gasteiger partial charge is 0.311 e. The largest absolute Gasteiger partial charge is 0.455 e. The number of rotatable bonds is 5. The van der Waals surface area contributed by atoms with E-state index in [1.54, 1.807) is 4.90 Å². The SMILES string of the molecule is Cc1cccc(C)c1NC(=O)COC(=O)[C@@H]1CC(=O)N(c2ccccc2)C1. The summed E-state index contributed by atoms with van der Waals surface area (Å²) in [6.45, 7) is 3.69. The Bertz CT molecular complexity index is 843. The number of para-hydroxylation sites is 2. The second-order valence-corrected chi connectivity index (χ2v) is 6.66. The van der Waals surface area contributed by atoms with Crippen LogP contribution in [0, 0.1) is 19.8 Å². The Labute approximate surface area is 158 Å². The summed E-state index contributed by atoms with van der Waals surface area (Å²) in [6, 6.07) is 14.9. The van der Waals surface area contributed by atoms with Crippen LogP contribution in [0.25, 0.3) is 0 Å². The van der Waals surface area contributed by atoms with Crippen molar-refractivity contribution >= 4 is 29.2 Å². The molecule has 0 radical (unpaired) electrons. The number of ether oxygens (including phenoxy) is 1. The third-order valence-corrected chi connectivity index (χ3v) is 4.62. The number of aryl methyl sites for hydroxylation is 2. The van der Waals surface area contributed by atoms with Gasteiger partial charge in [0.05, 0.1) is 5.92 Å². The average Bonchev–Trinajstić information content (AvgIpc) is 3.05. The van der Waals surface area contributed by atoms with Crippen LogP contribution >= 0.6 is 0 Å². The lowest BCUT2D eigenvalue weighted by atomic mass is 10.1. The van der Waals surface area contributed by atoms with Crippen molar-refractivity contribution in [2.45, 2.75) is 20.3 Å². The molecule has 2 amide bonds. The minimum absolute atomic E-state index is 0.0895. The summed E-state index contributed by atoms with van der Waals surface area (Å²) in [7, 11) is 0. The summed E-state index contributed by atoms with van der Waals surface area (Å²) in [5, 5.41) is 2.77. The maximum Gasteiger partial charge on any atom is 0.311 e. The second-order valence-electron chi connectivity index (χ2n) is 6.66. The molecule has 0 unspecified atom stereocenters. The molecule has 0 saturated carbocycles. The molecule has 3 rings (SSSR count). The lowest BCUT2D eigenvalue weighted by molar-refractivity contribution is -0.151. The first-order valence-corrected chi connectivity index (χ1v) is 8.84. The number of hydrogen-bond acceptors (Lipinski definition) is 4. The quantitative estimate of drug-likeness (QED) is 0.826. The molecule has 140 valence electrons. The number of nitrogens with one attached hydrogen (secondary N) is 1. The summed E-state index contributed by atoms with van der Waals surface area (Å²) < 4.78 is 5.14. The zero-order valence-corrected chi connectivity index (χ0v) is 15.4. The molecule has 27 heavy (non-hydrogen) atoms. The van der Waals surface area contributed by atoms with Crippen molar-refractivity contribution in [3.05, 3.63) is 59.7 Å². The van der Waals surface area contributed by atoms with Crippen LogP contribution in [0.3, 0.4) is 0 Å². The highest BCUT2D eigenvalue weighted by atomic mass is 16.5. The molecule has 2 aromatic rings. The van der Waals surface area contributed by atoms with Crippen LogP contribution < -0.4 is 10.2 Å². The fourth-order valence-corrected chi connectivity index (χ4v) is 3.16. The topological polar surface area (TPSA) is 75.7 Å². The van der Waals surface area contributed by atoms with Crippen LogP contribution in [0.1, 0.15) is 17.5 Å². The zero-order valence-electron chi connectivity index (χ0n) is 15.4. The number of esters is 1. The van der Waals surface area contributed by atoms with Crippen LogP contribution in [-0.4, -0.2) is 30.9 Å². The monoisotopic (exact) mass is 366 g/mol. The molecule has 6 nitrogen and oxygen atoms in total. The molecule has 2 aromatic carbocycles. The van der Waals surface area contributed by atoms with E-state index in [1.165, 1.54) is 0 Å². The highest BCUT2D eigenvalue weighted by Gasteiger charge is 2.36. The molecule has 0 aromatic heterocycles. The van der Waals surface area contributed by atoms with Gasteiger partial charge in [-0.1, -0.05) is 36.4 Å². The lowest BCUT2D eigenvalue weighted by Gasteiger charge is -2.16. The molecule has 1 N–H and O–H groups in total. The van der Waals surface area contributed by atoms with Gasteiger partial charge >= 0.3 is 5.97 Å². The highest BCUT2D eigenvalue weighted by molar-refractivity contribution is 6.00. The van der Waals surface area contributed by atoms with E-state index in [9.17, 15) is 14.4 Å². The molecule has 1 saturated heterocycles. The molecule has 0 spiro atoms. The molecule has 1 aliphatic rings. The van der Waals surface area contributed by atoms with Gasteiger partial charge in [0.25, 0.3) is 5.91 Å². The molecule has 0 bridgehead atoms. The maximum absolute atomic E-state index is 12.3. The van der Waals surface area contributed by atoms with Crippen LogP contribution in [0.5, 0.6) is 0 Å². The third-order valence-electron chi connectivity index (χ3n) is 4.62. The molecule has 1 aliphatic heterocycles. The molecule has 1 fully saturated rings. The van der Waals surface area contributed by atoms with E-state index in [1.807, 2.05) is 62.4 Å². The Balaban J connectivity index is 1.54. The van der Waals surface area contributed by atoms with Gasteiger partial charge in [-0.3, -0.25) is 14.4 Å². The van der Waals surface area contributed by atoms with E-state index in [2.05, 4.69) is 5.32 Å². The molecule has 1 atom stereocenters. The summed E-state index contributed by atoms with van der Waals surface area (Å²) in [5.74, 6) is -1.61. The van der Waals surface area contributed by atoms with E-state index in [0.717, 1.165) is 22.5 Å². The van der Waals surface area contributed by atoms with Gasteiger partial charge in [-0.25, -0.2) is 0 Å². The van der Waals surface area contributed by atoms with Gasteiger partial charge in [0, 0.05) is 24.3 Å². The van der Waals surface area contributed by atoms with Gasteiger partial charge in [-0.15, -0.1) is 0 Å². The number of carbonyl (C=O) groups is 3. The van der Waals surface area contributed by atoms with Crippen molar-refractivity contribution in [3.8, 4) is 0 Å². The molecular formula is C21H22N2O4. The van der Waals surface area contributed by atoms with Crippen LogP contribution in [0.2, 0.25) is 0 Å². The minimum atomic E-state index is -0.564. The highest BCUT2D eigenvalue weighted by Crippen LogP contribution is 2.25. The van der Waals surface area contributed by atoms with Crippen molar-refractivity contribution in [1.29, 1.82) is 0 Å². The zero-order chi connectivity index (χ0) is 19.4. The third kappa shape index (κ3) is 4.34. The number of anilines is 2.